The summed E-state index contributed by atoms with van der Waals surface area (Å²) in [7, 11) is 2.72. The molecule has 3 rings (SSSR count). The Morgan fingerprint density at radius 2 is 1.71 bits per heavy atom. The number of benzene rings is 2. The third-order valence-corrected chi connectivity index (χ3v) is 6.15. The highest BCUT2D eigenvalue weighted by molar-refractivity contribution is 6.67. The predicted octanol–water partition coefficient (Wildman–Crippen LogP) is 2.42. The van der Waals surface area contributed by atoms with Gasteiger partial charge in [0.25, 0.3) is 17.6 Å². The smallest absolute Gasteiger partial charge is 0.296 e. The molecular weight excluding hydrogens is 465 g/mol. The van der Waals surface area contributed by atoms with E-state index in [2.05, 4.69) is 0 Å². The molecule has 0 saturated carbocycles. The number of phenolic OH excluding ortho intramolecular Hbond substituents is 1. The zero-order valence-corrected chi connectivity index (χ0v) is 19.5. The molecule has 0 radical (unpaired) electrons. The van der Waals surface area contributed by atoms with Crippen LogP contribution in [-0.4, -0.2) is 76.1 Å². The van der Waals surface area contributed by atoms with Crippen LogP contribution in [0, 0.1) is 11.2 Å². The summed E-state index contributed by atoms with van der Waals surface area (Å²) < 4.78 is 13.1. The number of halogens is 2. The molecule has 2 aromatic carbocycles. The lowest BCUT2D eigenvalue weighted by Gasteiger charge is -2.38. The molecule has 1 heterocycles. The molecule has 3 N–H and O–H groups in total. The summed E-state index contributed by atoms with van der Waals surface area (Å²) >= 11 is 6.17. The lowest BCUT2D eigenvalue weighted by Crippen LogP contribution is -2.47. The van der Waals surface area contributed by atoms with Crippen LogP contribution < -0.4 is 0 Å². The topological polar surface area (TPSA) is 122 Å². The number of nitrogens with one attached hydrogen (secondary N) is 1. The summed E-state index contributed by atoms with van der Waals surface area (Å²) in [5, 5.41) is 29.1. The lowest BCUT2D eigenvalue weighted by molar-refractivity contribution is -0.139. The van der Waals surface area contributed by atoms with E-state index < -0.39 is 34.7 Å². The number of nitrogens with zero attached hydrogens (tertiary/aromatic N) is 2. The van der Waals surface area contributed by atoms with E-state index in [4.69, 9.17) is 17.0 Å². The Bertz CT molecular complexity index is 1140. The van der Waals surface area contributed by atoms with Crippen molar-refractivity contribution >= 4 is 34.9 Å². The molecule has 0 aliphatic carbocycles. The van der Waals surface area contributed by atoms with Crippen molar-refractivity contribution in [2.45, 2.75) is 24.9 Å². The van der Waals surface area contributed by atoms with Crippen molar-refractivity contribution in [3.8, 4) is 5.75 Å². The molecule has 34 heavy (non-hydrogen) atoms. The van der Waals surface area contributed by atoms with Gasteiger partial charge in [0.2, 0.25) is 0 Å². The fourth-order valence-corrected chi connectivity index (χ4v) is 4.05. The number of amides is 2. The first-order valence-electron chi connectivity index (χ1n) is 10.6. The third kappa shape index (κ3) is 5.43. The SMILES string of the molecule is CN(C)C(=O)C(=O)C(=N)c1cc(C(=O)N2CCC(O)(Cc3ccc(F)cc3)CC2)c(Cl)cc1O. The maximum Gasteiger partial charge on any atom is 0.296 e. The second-order valence-corrected chi connectivity index (χ2v) is 8.98. The normalized spacial score (nSPS) is 15.0. The highest BCUT2D eigenvalue weighted by Gasteiger charge is 2.35. The average Bonchev–Trinajstić information content (AvgIpc) is 2.79. The van der Waals surface area contributed by atoms with E-state index in [0.29, 0.717) is 6.42 Å². The number of rotatable bonds is 6. The Morgan fingerprint density at radius 1 is 1.12 bits per heavy atom. The Labute approximate surface area is 201 Å². The first-order chi connectivity index (χ1) is 15.9. The fourth-order valence-electron chi connectivity index (χ4n) is 3.81. The number of hydrogen-bond donors (Lipinski definition) is 3. The number of carbonyl (C=O) groups is 3. The first-order valence-corrected chi connectivity index (χ1v) is 10.9. The number of likely N-dealkylation sites (N-methyl/N-ethyl adjacent to an activating group) is 1. The van der Waals surface area contributed by atoms with E-state index in [-0.39, 0.29) is 47.9 Å². The van der Waals surface area contributed by atoms with Crippen molar-refractivity contribution in [1.29, 1.82) is 5.41 Å². The van der Waals surface area contributed by atoms with Crippen LogP contribution in [0.3, 0.4) is 0 Å². The molecule has 2 aromatic rings. The minimum atomic E-state index is -1.13. The van der Waals surface area contributed by atoms with E-state index in [1.165, 1.54) is 31.1 Å². The molecule has 1 fully saturated rings. The van der Waals surface area contributed by atoms with Gasteiger partial charge in [0.05, 0.1) is 16.2 Å². The van der Waals surface area contributed by atoms with E-state index in [1.807, 2.05) is 0 Å². The van der Waals surface area contributed by atoms with Gasteiger partial charge in [-0.25, -0.2) is 4.39 Å². The molecule has 180 valence electrons. The van der Waals surface area contributed by atoms with E-state index in [1.54, 1.807) is 12.1 Å². The number of aliphatic hydroxyl groups is 1. The van der Waals surface area contributed by atoms with Crippen molar-refractivity contribution in [1.82, 2.24) is 9.80 Å². The van der Waals surface area contributed by atoms with Crippen LogP contribution in [0.1, 0.15) is 34.3 Å². The first kappa shape index (κ1) is 25.3. The number of aromatic hydroxyl groups is 1. The summed E-state index contributed by atoms with van der Waals surface area (Å²) in [6, 6.07) is 8.06. The van der Waals surface area contributed by atoms with Crippen molar-refractivity contribution in [3.05, 3.63) is 63.9 Å². The van der Waals surface area contributed by atoms with Crippen molar-refractivity contribution in [3.63, 3.8) is 0 Å². The van der Waals surface area contributed by atoms with Crippen molar-refractivity contribution < 1.29 is 29.0 Å². The third-order valence-electron chi connectivity index (χ3n) is 5.84. The van der Waals surface area contributed by atoms with Crippen LogP contribution in [0.5, 0.6) is 5.75 Å². The van der Waals surface area contributed by atoms with Crippen LogP contribution in [0.2, 0.25) is 5.02 Å². The zero-order chi connectivity index (χ0) is 25.2. The van der Waals surface area contributed by atoms with Crippen molar-refractivity contribution in [2.24, 2.45) is 0 Å². The molecule has 1 saturated heterocycles. The molecule has 0 atom stereocenters. The van der Waals surface area contributed by atoms with Gasteiger partial charge in [-0.05, 0) is 36.6 Å². The molecule has 0 aromatic heterocycles. The largest absolute Gasteiger partial charge is 0.507 e. The van der Waals surface area contributed by atoms with Gasteiger partial charge in [-0.3, -0.25) is 19.8 Å². The van der Waals surface area contributed by atoms with Gasteiger partial charge in [-0.2, -0.15) is 0 Å². The Hall–Kier alpha value is -3.30. The molecule has 0 unspecified atom stereocenters. The van der Waals surface area contributed by atoms with Crippen LogP contribution in [-0.2, 0) is 16.0 Å². The van der Waals surface area contributed by atoms with Gasteiger partial charge in [0, 0.05) is 45.2 Å². The second kappa shape index (κ2) is 9.90. The number of piperidine rings is 1. The summed E-state index contributed by atoms with van der Waals surface area (Å²) in [6.45, 7) is 0.442. The van der Waals surface area contributed by atoms with Gasteiger partial charge in [-0.15, -0.1) is 0 Å². The Balaban J connectivity index is 1.75. The molecule has 0 spiro atoms. The molecule has 2 amide bonds. The summed E-state index contributed by atoms with van der Waals surface area (Å²) in [5.74, 6) is -3.43. The average molecular weight is 490 g/mol. The van der Waals surface area contributed by atoms with Gasteiger partial charge < -0.3 is 20.0 Å². The Morgan fingerprint density at radius 3 is 2.26 bits per heavy atom. The zero-order valence-electron chi connectivity index (χ0n) is 18.8. The van der Waals surface area contributed by atoms with Crippen LogP contribution in [0.4, 0.5) is 4.39 Å². The molecule has 10 heteroatoms. The van der Waals surface area contributed by atoms with E-state index >= 15 is 0 Å². The Kier molecular flexibility index (Phi) is 7.38. The number of phenols is 1. The summed E-state index contributed by atoms with van der Waals surface area (Å²) in [5.41, 5.74) is -1.34. The van der Waals surface area contributed by atoms with Gasteiger partial charge >= 0.3 is 0 Å². The van der Waals surface area contributed by atoms with Crippen LogP contribution >= 0.6 is 11.6 Å². The van der Waals surface area contributed by atoms with E-state index in [9.17, 15) is 29.0 Å². The number of hydrogen-bond acceptors (Lipinski definition) is 6. The van der Waals surface area contributed by atoms with Crippen molar-refractivity contribution in [2.75, 3.05) is 27.2 Å². The number of Topliss-reactive ketones (excluding diaryl/α,β-unsaturated/α-hetero) is 1. The number of ketones is 1. The van der Waals surface area contributed by atoms with E-state index in [0.717, 1.165) is 22.6 Å². The highest BCUT2D eigenvalue weighted by atomic mass is 35.5. The summed E-state index contributed by atoms with van der Waals surface area (Å²) in [4.78, 5) is 39.8. The fraction of sp³-hybridized carbons (Fsp3) is 0.333. The maximum absolute atomic E-state index is 13.1. The monoisotopic (exact) mass is 489 g/mol. The molecular formula is C24H25ClFN3O5. The second-order valence-electron chi connectivity index (χ2n) is 8.57. The minimum Gasteiger partial charge on any atom is -0.507 e. The lowest BCUT2D eigenvalue weighted by atomic mass is 9.85. The van der Waals surface area contributed by atoms with Crippen LogP contribution in [0.25, 0.3) is 0 Å². The van der Waals surface area contributed by atoms with Gasteiger partial charge in [0.1, 0.15) is 17.3 Å². The van der Waals surface area contributed by atoms with Crippen LogP contribution in [0.15, 0.2) is 36.4 Å². The predicted molar refractivity (Wildman–Crippen MR) is 124 cm³/mol. The maximum atomic E-state index is 13.1. The number of likely N-dealkylation sites (tertiary alicyclic amines) is 1. The summed E-state index contributed by atoms with van der Waals surface area (Å²) in [6.07, 6.45) is 0.882. The van der Waals surface area contributed by atoms with Gasteiger partial charge in [-0.1, -0.05) is 23.7 Å². The quantitative estimate of drug-likeness (QED) is 0.425. The molecule has 0 bridgehead atoms. The standard InChI is InChI=1S/C24H25ClFN3O5/c1-28(2)23(33)21(31)20(27)17-11-16(18(25)12-19(17)30)22(32)29-9-7-24(34,8-10-29)13-14-3-5-15(26)6-4-14/h3-6,11-12,27,30,34H,7-10,13H2,1-2H3. The molecule has 8 nitrogen and oxygen atoms in total. The highest BCUT2D eigenvalue weighted by Crippen LogP contribution is 2.31. The molecule has 1 aliphatic heterocycles. The van der Waals surface area contributed by atoms with Gasteiger partial charge in [0.15, 0.2) is 0 Å². The number of carbonyl (C=O) groups excluding carboxylic acids is 3. The minimum absolute atomic E-state index is 0.0340. The molecule has 1 aliphatic rings.